The summed E-state index contributed by atoms with van der Waals surface area (Å²) in [6, 6.07) is 11.4. The van der Waals surface area contributed by atoms with Crippen LogP contribution in [-0.2, 0) is 6.54 Å². The molecule has 6 nitrogen and oxygen atoms in total. The Labute approximate surface area is 141 Å². The van der Waals surface area contributed by atoms with E-state index in [1.165, 1.54) is 0 Å². The predicted molar refractivity (Wildman–Crippen MR) is 92.8 cm³/mol. The van der Waals surface area contributed by atoms with Crippen molar-refractivity contribution < 1.29 is 9.32 Å². The lowest BCUT2D eigenvalue weighted by molar-refractivity contribution is 0.0951. The molecule has 0 fully saturated rings. The van der Waals surface area contributed by atoms with Crippen LogP contribution in [0.3, 0.4) is 0 Å². The predicted octanol–water partition coefficient (Wildman–Crippen LogP) is 3.17. The molecular formula is C17H14N4O2S. The second-order valence-electron chi connectivity index (χ2n) is 5.29. The minimum atomic E-state index is -0.239. The van der Waals surface area contributed by atoms with Gasteiger partial charge < -0.3 is 20.0 Å². The summed E-state index contributed by atoms with van der Waals surface area (Å²) in [4.78, 5) is 13.4. The zero-order valence-electron chi connectivity index (χ0n) is 12.6. The molecule has 0 saturated heterocycles. The smallest absolute Gasteiger partial charge is 0.255 e. The molecule has 7 heteroatoms. The molecule has 4 rings (SSSR count). The van der Waals surface area contributed by atoms with Crippen molar-refractivity contribution in [3.63, 3.8) is 0 Å². The number of nitrogens with zero attached hydrogens (tertiary/aromatic N) is 2. The Morgan fingerprint density at radius 1 is 1.33 bits per heavy atom. The highest BCUT2D eigenvalue weighted by Crippen LogP contribution is 2.25. The highest BCUT2D eigenvalue weighted by atomic mass is 32.1. The van der Waals surface area contributed by atoms with E-state index in [1.54, 1.807) is 17.5 Å². The van der Waals surface area contributed by atoms with Crippen LogP contribution in [0.1, 0.15) is 16.1 Å². The first-order valence-electron chi connectivity index (χ1n) is 7.35. The average molecular weight is 338 g/mol. The Bertz CT molecular complexity index is 1000. The van der Waals surface area contributed by atoms with Crippen LogP contribution in [-0.4, -0.2) is 15.5 Å². The van der Waals surface area contributed by atoms with Crippen LogP contribution in [0.5, 0.6) is 0 Å². The Hall–Kier alpha value is -3.06. The van der Waals surface area contributed by atoms with Gasteiger partial charge in [0.15, 0.2) is 5.76 Å². The Balaban J connectivity index is 1.49. The Kier molecular flexibility index (Phi) is 3.55. The van der Waals surface area contributed by atoms with E-state index >= 15 is 0 Å². The molecule has 3 N–H and O–H groups in total. The molecule has 4 aromatic heterocycles. The normalized spacial score (nSPS) is 11.0. The van der Waals surface area contributed by atoms with E-state index in [9.17, 15) is 4.79 Å². The minimum Gasteiger partial charge on any atom is -0.396 e. The van der Waals surface area contributed by atoms with Crippen molar-refractivity contribution in [3.05, 3.63) is 65.4 Å². The van der Waals surface area contributed by atoms with E-state index in [4.69, 9.17) is 10.3 Å². The number of hydrogen-bond donors (Lipinski definition) is 2. The molecule has 4 aromatic rings. The lowest BCUT2D eigenvalue weighted by atomic mass is 10.2. The van der Waals surface area contributed by atoms with Gasteiger partial charge in [0.05, 0.1) is 28.2 Å². The number of pyridine rings is 1. The monoisotopic (exact) mass is 338 g/mol. The molecule has 0 saturated carbocycles. The van der Waals surface area contributed by atoms with Gasteiger partial charge in [0.2, 0.25) is 0 Å². The van der Waals surface area contributed by atoms with Gasteiger partial charge in [-0.05, 0) is 23.6 Å². The van der Waals surface area contributed by atoms with Gasteiger partial charge in [-0.15, -0.1) is 11.3 Å². The Morgan fingerprint density at radius 2 is 2.25 bits per heavy atom. The topological polar surface area (TPSA) is 85.6 Å². The van der Waals surface area contributed by atoms with Crippen LogP contribution in [0.25, 0.3) is 16.2 Å². The number of thiophene rings is 1. The summed E-state index contributed by atoms with van der Waals surface area (Å²) in [7, 11) is 0. The number of aromatic nitrogens is 2. The van der Waals surface area contributed by atoms with Crippen LogP contribution < -0.4 is 11.1 Å². The van der Waals surface area contributed by atoms with E-state index < -0.39 is 0 Å². The first kappa shape index (κ1) is 14.5. The maximum absolute atomic E-state index is 12.4. The molecule has 0 spiro atoms. The first-order chi connectivity index (χ1) is 11.7. The number of nitrogen functional groups attached to an aromatic ring is 1. The largest absolute Gasteiger partial charge is 0.396 e. The van der Waals surface area contributed by atoms with E-state index in [-0.39, 0.29) is 12.5 Å². The summed E-state index contributed by atoms with van der Waals surface area (Å²) in [6.07, 6.45) is 3.58. The zero-order chi connectivity index (χ0) is 16.5. The molecule has 4 heterocycles. The molecular weight excluding hydrogens is 324 g/mol. The number of hydrogen-bond acceptors (Lipinski definition) is 5. The number of nitrogens with one attached hydrogen (secondary N) is 1. The second-order valence-corrected chi connectivity index (χ2v) is 6.24. The number of fused-ring (bicyclic) bond motifs is 1. The molecule has 0 aliphatic heterocycles. The molecule has 0 aliphatic rings. The van der Waals surface area contributed by atoms with Gasteiger partial charge in [-0.1, -0.05) is 17.3 Å². The van der Waals surface area contributed by atoms with Gasteiger partial charge in [-0.25, -0.2) is 0 Å². The molecule has 0 bridgehead atoms. The quantitative estimate of drug-likeness (QED) is 0.598. The van der Waals surface area contributed by atoms with Crippen molar-refractivity contribution in [2.24, 2.45) is 0 Å². The minimum absolute atomic E-state index is 0.239. The number of carbonyl (C=O) groups is 1. The maximum atomic E-state index is 12.4. The molecule has 0 aliphatic carbocycles. The third-order valence-corrected chi connectivity index (χ3v) is 4.61. The lowest BCUT2D eigenvalue weighted by Gasteiger charge is -2.01. The molecule has 0 atom stereocenters. The van der Waals surface area contributed by atoms with Crippen molar-refractivity contribution in [1.82, 2.24) is 14.9 Å². The molecule has 1 amide bonds. The number of nitrogens with two attached hydrogens (primary N) is 1. The summed E-state index contributed by atoms with van der Waals surface area (Å²) in [5, 5.41) is 8.78. The number of amides is 1. The van der Waals surface area contributed by atoms with Crippen LogP contribution in [0.2, 0.25) is 0 Å². The lowest BCUT2D eigenvalue weighted by Crippen LogP contribution is -2.23. The average Bonchev–Trinajstić information content (AvgIpc) is 3.33. The van der Waals surface area contributed by atoms with E-state index in [1.807, 2.05) is 52.4 Å². The highest BCUT2D eigenvalue weighted by Gasteiger charge is 2.15. The summed E-state index contributed by atoms with van der Waals surface area (Å²) in [5.74, 6) is 0.459. The number of carbonyl (C=O) groups excluding carboxylic acids is 1. The summed E-state index contributed by atoms with van der Waals surface area (Å²) < 4.78 is 7.13. The molecule has 0 radical (unpaired) electrons. The summed E-state index contributed by atoms with van der Waals surface area (Å²) in [5.41, 5.74) is 8.45. The SMILES string of the molecule is Nc1c(C(=O)NCc2cc(-c3cccs3)on2)cn2ccccc12. The van der Waals surface area contributed by atoms with Crippen LogP contribution >= 0.6 is 11.3 Å². The molecule has 0 unspecified atom stereocenters. The van der Waals surface area contributed by atoms with Gasteiger partial charge in [0, 0.05) is 18.5 Å². The summed E-state index contributed by atoms with van der Waals surface area (Å²) in [6.45, 7) is 0.277. The van der Waals surface area contributed by atoms with Crippen LogP contribution in [0.15, 0.2) is 58.7 Å². The van der Waals surface area contributed by atoms with Gasteiger partial charge in [0.25, 0.3) is 5.91 Å². The third-order valence-electron chi connectivity index (χ3n) is 3.72. The molecule has 0 aromatic carbocycles. The fraction of sp³-hybridized carbons (Fsp3) is 0.0588. The van der Waals surface area contributed by atoms with Crippen molar-refractivity contribution in [1.29, 1.82) is 0 Å². The molecule has 120 valence electrons. The highest BCUT2D eigenvalue weighted by molar-refractivity contribution is 7.13. The van der Waals surface area contributed by atoms with E-state index in [2.05, 4.69) is 10.5 Å². The standard InChI is InChI=1S/C17H14N4O2S/c18-16-12(10-21-6-2-1-4-13(16)21)17(22)19-9-11-8-14(23-20-11)15-5-3-7-24-15/h1-8,10H,9,18H2,(H,19,22). The zero-order valence-corrected chi connectivity index (χ0v) is 13.4. The second kappa shape index (κ2) is 5.86. The van der Waals surface area contributed by atoms with E-state index in [0.29, 0.717) is 22.7 Å². The van der Waals surface area contributed by atoms with Crippen molar-refractivity contribution in [3.8, 4) is 10.6 Å². The van der Waals surface area contributed by atoms with Gasteiger partial charge >= 0.3 is 0 Å². The van der Waals surface area contributed by atoms with Crippen LogP contribution in [0, 0.1) is 0 Å². The van der Waals surface area contributed by atoms with Gasteiger partial charge in [0.1, 0.15) is 5.69 Å². The number of rotatable bonds is 4. The molecule has 24 heavy (non-hydrogen) atoms. The number of anilines is 1. The van der Waals surface area contributed by atoms with Crippen molar-refractivity contribution >= 4 is 28.4 Å². The fourth-order valence-corrected chi connectivity index (χ4v) is 3.19. The van der Waals surface area contributed by atoms with Gasteiger partial charge in [-0.3, -0.25) is 4.79 Å². The van der Waals surface area contributed by atoms with Crippen molar-refractivity contribution in [2.75, 3.05) is 5.73 Å². The van der Waals surface area contributed by atoms with E-state index in [0.717, 1.165) is 10.4 Å². The maximum Gasteiger partial charge on any atom is 0.255 e. The fourth-order valence-electron chi connectivity index (χ4n) is 2.52. The van der Waals surface area contributed by atoms with Crippen molar-refractivity contribution in [2.45, 2.75) is 6.54 Å². The first-order valence-corrected chi connectivity index (χ1v) is 8.23. The van der Waals surface area contributed by atoms with Crippen LogP contribution in [0.4, 0.5) is 5.69 Å². The third kappa shape index (κ3) is 2.55. The van der Waals surface area contributed by atoms with Gasteiger partial charge in [-0.2, -0.15) is 0 Å². The summed E-state index contributed by atoms with van der Waals surface area (Å²) >= 11 is 1.57. The Morgan fingerprint density at radius 3 is 3.04 bits per heavy atom.